The lowest BCUT2D eigenvalue weighted by atomic mass is 10.1. The number of amides is 1. The fourth-order valence-electron chi connectivity index (χ4n) is 5.04. The van der Waals surface area contributed by atoms with Gasteiger partial charge in [0.25, 0.3) is 11.5 Å². The summed E-state index contributed by atoms with van der Waals surface area (Å²) < 4.78 is 7.41. The van der Waals surface area contributed by atoms with Crippen LogP contribution in [0, 0.1) is 6.92 Å². The number of pyridine rings is 2. The third kappa shape index (κ3) is 5.03. The Morgan fingerprint density at radius 2 is 1.75 bits per heavy atom. The van der Waals surface area contributed by atoms with Gasteiger partial charge in [-0.3, -0.25) is 14.3 Å². The lowest BCUT2D eigenvalue weighted by molar-refractivity contribution is 0.102. The highest BCUT2D eigenvalue weighted by atomic mass is 16.5. The molecular formula is C28H31N9O3. The van der Waals surface area contributed by atoms with Crippen molar-refractivity contribution in [3.05, 3.63) is 76.6 Å². The van der Waals surface area contributed by atoms with Crippen LogP contribution in [0.15, 0.2) is 59.9 Å². The second-order valence-electron chi connectivity index (χ2n) is 9.82. The van der Waals surface area contributed by atoms with Crippen LogP contribution < -0.4 is 36.0 Å². The van der Waals surface area contributed by atoms with Crippen molar-refractivity contribution in [2.45, 2.75) is 6.92 Å². The minimum absolute atomic E-state index is 0.0144. The normalized spacial score (nSPS) is 14.7. The van der Waals surface area contributed by atoms with Crippen LogP contribution in [0.4, 0.5) is 34.1 Å². The highest BCUT2D eigenvalue weighted by molar-refractivity contribution is 6.08. The van der Waals surface area contributed by atoms with Crippen LogP contribution in [0.5, 0.6) is 5.88 Å². The molecule has 12 nitrogen and oxygen atoms in total. The van der Waals surface area contributed by atoms with Crippen molar-refractivity contribution in [1.29, 1.82) is 0 Å². The Bertz CT molecular complexity index is 1590. The third-order valence-electron chi connectivity index (χ3n) is 7.23. The summed E-state index contributed by atoms with van der Waals surface area (Å²) in [6, 6.07) is 9.34. The van der Waals surface area contributed by atoms with Gasteiger partial charge in [0.2, 0.25) is 5.88 Å². The molecule has 0 radical (unpaired) electrons. The fourth-order valence-corrected chi connectivity index (χ4v) is 5.04. The molecule has 0 bridgehead atoms. The molecule has 1 fully saturated rings. The number of anilines is 6. The number of nitrogens with one attached hydrogen (secondary N) is 4. The molecule has 1 saturated heterocycles. The summed E-state index contributed by atoms with van der Waals surface area (Å²) in [5, 5.41) is 13.6. The summed E-state index contributed by atoms with van der Waals surface area (Å²) in [6.45, 7) is 6.73. The Kier molecular flexibility index (Phi) is 6.72. The summed E-state index contributed by atoms with van der Waals surface area (Å²) in [4.78, 5) is 37.6. The number of benzene rings is 1. The van der Waals surface area contributed by atoms with Gasteiger partial charge in [-0.25, -0.2) is 4.98 Å². The molecule has 0 saturated carbocycles. The first-order valence-corrected chi connectivity index (χ1v) is 13.2. The molecule has 2 aliphatic rings. The summed E-state index contributed by atoms with van der Waals surface area (Å²) in [5.74, 6) is 0.0317. The predicted molar refractivity (Wildman–Crippen MR) is 155 cm³/mol. The maximum atomic E-state index is 13.3. The van der Waals surface area contributed by atoms with Crippen LogP contribution in [0.2, 0.25) is 0 Å². The molecule has 0 atom stereocenters. The number of aromatic nitrogens is 4. The molecule has 206 valence electrons. The quantitative estimate of drug-likeness (QED) is 0.291. The monoisotopic (exact) mass is 541 g/mol. The molecule has 0 unspecified atom stereocenters. The van der Waals surface area contributed by atoms with Crippen LogP contribution in [0.25, 0.3) is 0 Å². The number of H-pyrrole nitrogens is 1. The zero-order chi connectivity index (χ0) is 27.6. The van der Waals surface area contributed by atoms with Gasteiger partial charge in [-0.2, -0.15) is 5.10 Å². The van der Waals surface area contributed by atoms with Gasteiger partial charge in [-0.1, -0.05) is 0 Å². The lowest BCUT2D eigenvalue weighted by Crippen LogP contribution is -2.46. The number of aryl methyl sites for hydroxylation is 1. The van der Waals surface area contributed by atoms with E-state index < -0.39 is 11.5 Å². The van der Waals surface area contributed by atoms with Gasteiger partial charge in [0, 0.05) is 69.1 Å². The van der Waals surface area contributed by atoms with E-state index in [0.717, 1.165) is 48.8 Å². The molecule has 5 heterocycles. The van der Waals surface area contributed by atoms with E-state index in [4.69, 9.17) is 4.74 Å². The van der Waals surface area contributed by atoms with E-state index in [2.05, 4.69) is 40.8 Å². The number of aromatic amines is 1. The SMILES string of the molecule is Cc1c(Nc2cc[nH]c(=O)c2C(=O)Nc2ccc(N3CCN(c4cnn(C)c4)CC3)cc2)cnc2c1NCCO2. The Labute approximate surface area is 231 Å². The smallest absolute Gasteiger partial charge is 0.263 e. The molecule has 4 N–H and O–H groups in total. The van der Waals surface area contributed by atoms with Crippen molar-refractivity contribution in [3.8, 4) is 5.88 Å². The Morgan fingerprint density at radius 1 is 1.00 bits per heavy atom. The van der Waals surface area contributed by atoms with Crippen LogP contribution in [0.1, 0.15) is 15.9 Å². The van der Waals surface area contributed by atoms with E-state index in [9.17, 15) is 9.59 Å². The zero-order valence-electron chi connectivity index (χ0n) is 22.4. The van der Waals surface area contributed by atoms with Gasteiger partial charge in [-0.05, 0) is 37.3 Å². The predicted octanol–water partition coefficient (Wildman–Crippen LogP) is 2.94. The molecule has 4 aromatic rings. The standard InChI is InChI=1S/C28H31N9O3/c1-18-23(16-31-28-25(18)29-9-14-40-28)34-22-7-8-30-26(38)24(22)27(39)33-19-3-5-20(6-4-19)36-10-12-37(13-11-36)21-15-32-35(2)17-21/h3-8,15-17,29H,9-14H2,1-2H3,(H,33,39)(H2,30,34,38). The van der Waals surface area contributed by atoms with Crippen molar-refractivity contribution < 1.29 is 9.53 Å². The van der Waals surface area contributed by atoms with Crippen LogP contribution in [0.3, 0.4) is 0 Å². The van der Waals surface area contributed by atoms with Gasteiger partial charge in [-0.15, -0.1) is 0 Å². The van der Waals surface area contributed by atoms with E-state index >= 15 is 0 Å². The van der Waals surface area contributed by atoms with E-state index in [1.807, 2.05) is 55.3 Å². The largest absolute Gasteiger partial charge is 0.474 e. The van der Waals surface area contributed by atoms with Gasteiger partial charge in [0.15, 0.2) is 0 Å². The Balaban J connectivity index is 1.14. The number of piperazine rings is 1. The molecule has 0 spiro atoms. The van der Waals surface area contributed by atoms with Crippen molar-refractivity contribution in [2.24, 2.45) is 7.05 Å². The minimum atomic E-state index is -0.507. The molecule has 2 aliphatic heterocycles. The molecule has 1 amide bonds. The number of nitrogens with zero attached hydrogens (tertiary/aromatic N) is 5. The van der Waals surface area contributed by atoms with Gasteiger partial charge in [0.1, 0.15) is 17.9 Å². The second-order valence-corrected chi connectivity index (χ2v) is 9.82. The third-order valence-corrected chi connectivity index (χ3v) is 7.23. The molecule has 6 rings (SSSR count). The van der Waals surface area contributed by atoms with Crippen molar-refractivity contribution in [3.63, 3.8) is 0 Å². The Hall–Kier alpha value is -5.00. The first-order chi connectivity index (χ1) is 19.5. The van der Waals surface area contributed by atoms with Crippen LogP contribution >= 0.6 is 0 Å². The fraction of sp³-hybridized carbons (Fsp3) is 0.286. The van der Waals surface area contributed by atoms with Crippen LogP contribution in [-0.2, 0) is 7.05 Å². The number of carbonyl (C=O) groups excluding carboxylic acids is 1. The minimum Gasteiger partial charge on any atom is -0.474 e. The number of rotatable bonds is 6. The van der Waals surface area contributed by atoms with E-state index in [0.29, 0.717) is 36.1 Å². The highest BCUT2D eigenvalue weighted by Crippen LogP contribution is 2.34. The van der Waals surface area contributed by atoms with E-state index in [1.165, 1.54) is 6.20 Å². The van der Waals surface area contributed by atoms with Crippen molar-refractivity contribution in [2.75, 3.05) is 65.1 Å². The van der Waals surface area contributed by atoms with E-state index in [1.54, 1.807) is 12.3 Å². The summed E-state index contributed by atoms with van der Waals surface area (Å²) in [5.41, 5.74) is 5.04. The second kappa shape index (κ2) is 10.6. The molecular weight excluding hydrogens is 510 g/mol. The van der Waals surface area contributed by atoms with Crippen LogP contribution in [-0.4, -0.2) is 65.0 Å². The zero-order valence-corrected chi connectivity index (χ0v) is 22.4. The summed E-state index contributed by atoms with van der Waals surface area (Å²) >= 11 is 0. The Morgan fingerprint density at radius 3 is 2.48 bits per heavy atom. The maximum absolute atomic E-state index is 13.3. The number of hydrogen-bond acceptors (Lipinski definition) is 9. The topological polar surface area (TPSA) is 132 Å². The van der Waals surface area contributed by atoms with Gasteiger partial charge in [0.05, 0.1) is 29.5 Å². The number of hydrogen-bond donors (Lipinski definition) is 4. The lowest BCUT2D eigenvalue weighted by Gasteiger charge is -2.36. The summed E-state index contributed by atoms with van der Waals surface area (Å²) in [6.07, 6.45) is 7.07. The molecule has 0 aliphatic carbocycles. The molecule has 12 heteroatoms. The summed E-state index contributed by atoms with van der Waals surface area (Å²) in [7, 11) is 1.92. The number of carbonyl (C=O) groups is 1. The van der Waals surface area contributed by atoms with Gasteiger partial charge < -0.3 is 35.5 Å². The average Bonchev–Trinajstić information content (AvgIpc) is 3.41. The molecule has 3 aromatic heterocycles. The highest BCUT2D eigenvalue weighted by Gasteiger charge is 2.21. The first-order valence-electron chi connectivity index (χ1n) is 13.2. The van der Waals surface area contributed by atoms with Gasteiger partial charge >= 0.3 is 0 Å². The average molecular weight is 542 g/mol. The number of fused-ring (bicyclic) bond motifs is 1. The van der Waals surface area contributed by atoms with Crippen molar-refractivity contribution >= 4 is 40.0 Å². The molecule has 40 heavy (non-hydrogen) atoms. The first kappa shape index (κ1) is 25.3. The molecule has 1 aromatic carbocycles. The maximum Gasteiger partial charge on any atom is 0.263 e. The number of ether oxygens (including phenoxy) is 1. The van der Waals surface area contributed by atoms with Crippen molar-refractivity contribution in [1.82, 2.24) is 19.7 Å². The van der Waals surface area contributed by atoms with E-state index in [-0.39, 0.29) is 5.56 Å².